The van der Waals surface area contributed by atoms with E-state index in [1.54, 1.807) is 6.20 Å². The normalized spacial score (nSPS) is 12.9. The Morgan fingerprint density at radius 1 is 1.33 bits per heavy atom. The minimum Gasteiger partial charge on any atom is -0.357 e. The Morgan fingerprint density at radius 3 is 2.92 bits per heavy atom. The smallest absolute Gasteiger partial charge is 0.191 e. The quantitative estimate of drug-likeness (QED) is 0.570. The van der Waals surface area contributed by atoms with Gasteiger partial charge in [-0.1, -0.05) is 30.7 Å². The Labute approximate surface area is 149 Å². The molecule has 1 heterocycles. The van der Waals surface area contributed by atoms with E-state index in [9.17, 15) is 0 Å². The van der Waals surface area contributed by atoms with Crippen molar-refractivity contribution in [1.82, 2.24) is 20.4 Å². The maximum absolute atomic E-state index is 6.02. The highest BCUT2D eigenvalue weighted by molar-refractivity contribution is 6.30. The van der Waals surface area contributed by atoms with E-state index in [2.05, 4.69) is 40.6 Å². The molecule has 0 radical (unpaired) electrons. The molecule has 0 aliphatic carbocycles. The standard InChI is InChI=1S/C18H26ClN5/c1-3-20-18(21-10-8-16-6-4-7-17(19)12-16)22-13-15(2)14-24-11-5-9-23-24/h4-7,9,11-12,15H,3,8,10,13-14H2,1-2H3,(H2,20,21,22). The Hall–Kier alpha value is -2.01. The van der Waals surface area contributed by atoms with Gasteiger partial charge in [0.2, 0.25) is 0 Å². The van der Waals surface area contributed by atoms with Crippen molar-refractivity contribution in [3.8, 4) is 0 Å². The van der Waals surface area contributed by atoms with Crippen molar-refractivity contribution < 1.29 is 0 Å². The summed E-state index contributed by atoms with van der Waals surface area (Å²) in [5, 5.41) is 11.7. The highest BCUT2D eigenvalue weighted by Crippen LogP contribution is 2.10. The maximum atomic E-state index is 6.02. The van der Waals surface area contributed by atoms with Crippen LogP contribution in [0, 0.1) is 5.92 Å². The molecule has 0 saturated heterocycles. The van der Waals surface area contributed by atoms with Crippen molar-refractivity contribution in [1.29, 1.82) is 0 Å². The van der Waals surface area contributed by atoms with Gasteiger partial charge in [0.05, 0.1) is 0 Å². The van der Waals surface area contributed by atoms with E-state index in [1.807, 2.05) is 35.1 Å². The van der Waals surface area contributed by atoms with Crippen molar-refractivity contribution in [3.05, 3.63) is 53.3 Å². The summed E-state index contributed by atoms with van der Waals surface area (Å²) in [6.45, 7) is 7.54. The van der Waals surface area contributed by atoms with Crippen LogP contribution in [0.3, 0.4) is 0 Å². The second kappa shape index (κ2) is 9.98. The summed E-state index contributed by atoms with van der Waals surface area (Å²) in [5.74, 6) is 1.28. The molecule has 6 heteroatoms. The first kappa shape index (κ1) is 18.3. The summed E-state index contributed by atoms with van der Waals surface area (Å²) in [6, 6.07) is 9.90. The van der Waals surface area contributed by atoms with Gasteiger partial charge in [-0.05, 0) is 43.0 Å². The van der Waals surface area contributed by atoms with E-state index in [0.29, 0.717) is 5.92 Å². The fourth-order valence-electron chi connectivity index (χ4n) is 2.39. The van der Waals surface area contributed by atoms with Crippen LogP contribution in [-0.4, -0.2) is 35.4 Å². The number of benzene rings is 1. The van der Waals surface area contributed by atoms with Gasteiger partial charge in [-0.2, -0.15) is 5.10 Å². The number of nitrogens with one attached hydrogen (secondary N) is 2. The van der Waals surface area contributed by atoms with Crippen LogP contribution in [-0.2, 0) is 13.0 Å². The number of rotatable bonds is 8. The monoisotopic (exact) mass is 347 g/mol. The van der Waals surface area contributed by atoms with Gasteiger partial charge in [0, 0.05) is 43.6 Å². The molecular formula is C18H26ClN5. The number of hydrogen-bond donors (Lipinski definition) is 2. The summed E-state index contributed by atoms with van der Waals surface area (Å²) in [4.78, 5) is 4.67. The number of guanidine groups is 1. The van der Waals surface area contributed by atoms with Crippen molar-refractivity contribution in [2.45, 2.75) is 26.8 Å². The first-order valence-corrected chi connectivity index (χ1v) is 8.79. The van der Waals surface area contributed by atoms with Crippen LogP contribution in [0.2, 0.25) is 5.02 Å². The van der Waals surface area contributed by atoms with Crippen LogP contribution in [0.15, 0.2) is 47.7 Å². The van der Waals surface area contributed by atoms with Crippen LogP contribution >= 0.6 is 11.6 Å². The largest absolute Gasteiger partial charge is 0.357 e. The van der Waals surface area contributed by atoms with Gasteiger partial charge in [-0.3, -0.25) is 9.67 Å². The van der Waals surface area contributed by atoms with Gasteiger partial charge in [0.15, 0.2) is 5.96 Å². The molecule has 0 amide bonds. The van der Waals surface area contributed by atoms with Gasteiger partial charge >= 0.3 is 0 Å². The third kappa shape index (κ3) is 6.62. The van der Waals surface area contributed by atoms with E-state index < -0.39 is 0 Å². The molecule has 0 bridgehead atoms. The van der Waals surface area contributed by atoms with Crippen molar-refractivity contribution in [2.24, 2.45) is 10.9 Å². The van der Waals surface area contributed by atoms with Gasteiger partial charge < -0.3 is 10.6 Å². The lowest BCUT2D eigenvalue weighted by atomic mass is 10.1. The lowest BCUT2D eigenvalue weighted by Crippen LogP contribution is -2.38. The molecule has 0 fully saturated rings. The molecule has 130 valence electrons. The first-order valence-electron chi connectivity index (χ1n) is 8.41. The average molecular weight is 348 g/mol. The highest BCUT2D eigenvalue weighted by atomic mass is 35.5. The van der Waals surface area contributed by atoms with Crippen LogP contribution in [0.4, 0.5) is 0 Å². The van der Waals surface area contributed by atoms with E-state index >= 15 is 0 Å². The first-order chi connectivity index (χ1) is 11.7. The van der Waals surface area contributed by atoms with Gasteiger partial charge in [0.1, 0.15) is 0 Å². The minimum atomic E-state index is 0.424. The molecule has 0 aliphatic rings. The molecule has 2 rings (SSSR count). The van der Waals surface area contributed by atoms with E-state index in [4.69, 9.17) is 11.6 Å². The molecule has 24 heavy (non-hydrogen) atoms. The molecule has 1 unspecified atom stereocenters. The fraction of sp³-hybridized carbons (Fsp3) is 0.444. The molecule has 0 aliphatic heterocycles. The predicted molar refractivity (Wildman–Crippen MR) is 101 cm³/mol. The third-order valence-corrected chi connectivity index (χ3v) is 3.79. The molecule has 5 nitrogen and oxygen atoms in total. The summed E-state index contributed by atoms with van der Waals surface area (Å²) >= 11 is 6.02. The number of aromatic nitrogens is 2. The van der Waals surface area contributed by atoms with Crippen molar-refractivity contribution in [3.63, 3.8) is 0 Å². The predicted octanol–water partition coefficient (Wildman–Crippen LogP) is 2.97. The van der Waals surface area contributed by atoms with E-state index in [0.717, 1.165) is 43.6 Å². The van der Waals surface area contributed by atoms with Crippen LogP contribution in [0.5, 0.6) is 0 Å². The summed E-state index contributed by atoms with van der Waals surface area (Å²) < 4.78 is 1.94. The number of hydrogen-bond acceptors (Lipinski definition) is 2. The number of halogens is 1. The minimum absolute atomic E-state index is 0.424. The summed E-state index contributed by atoms with van der Waals surface area (Å²) in [6.07, 6.45) is 4.69. The SMILES string of the molecule is CCNC(=NCC(C)Cn1cccn1)NCCc1cccc(Cl)c1. The molecule has 0 spiro atoms. The summed E-state index contributed by atoms with van der Waals surface area (Å²) in [7, 11) is 0. The summed E-state index contributed by atoms with van der Waals surface area (Å²) in [5.41, 5.74) is 1.22. The molecular weight excluding hydrogens is 322 g/mol. The second-order valence-corrected chi connectivity index (χ2v) is 6.30. The molecule has 2 aromatic rings. The fourth-order valence-corrected chi connectivity index (χ4v) is 2.60. The lowest BCUT2D eigenvalue weighted by molar-refractivity contribution is 0.458. The molecule has 1 aromatic carbocycles. The molecule has 1 atom stereocenters. The van der Waals surface area contributed by atoms with Gasteiger partial charge in [-0.15, -0.1) is 0 Å². The van der Waals surface area contributed by atoms with E-state index in [-0.39, 0.29) is 0 Å². The van der Waals surface area contributed by atoms with E-state index in [1.165, 1.54) is 5.56 Å². The van der Waals surface area contributed by atoms with Crippen LogP contribution in [0.1, 0.15) is 19.4 Å². The Kier molecular flexibility index (Phi) is 7.62. The Bertz CT molecular complexity index is 624. The van der Waals surface area contributed by atoms with Crippen LogP contribution < -0.4 is 10.6 Å². The maximum Gasteiger partial charge on any atom is 0.191 e. The lowest BCUT2D eigenvalue weighted by Gasteiger charge is -2.13. The van der Waals surface area contributed by atoms with Gasteiger partial charge in [0.25, 0.3) is 0 Å². The Balaban J connectivity index is 1.79. The zero-order chi connectivity index (χ0) is 17.2. The third-order valence-electron chi connectivity index (χ3n) is 3.56. The van der Waals surface area contributed by atoms with Crippen molar-refractivity contribution in [2.75, 3.05) is 19.6 Å². The zero-order valence-corrected chi connectivity index (χ0v) is 15.1. The Morgan fingerprint density at radius 2 is 2.21 bits per heavy atom. The highest BCUT2D eigenvalue weighted by Gasteiger charge is 2.04. The molecule has 2 N–H and O–H groups in total. The average Bonchev–Trinajstić information content (AvgIpc) is 3.05. The molecule has 0 saturated carbocycles. The zero-order valence-electron chi connectivity index (χ0n) is 14.4. The number of nitrogens with zero attached hydrogens (tertiary/aromatic N) is 3. The molecule has 1 aromatic heterocycles. The number of aliphatic imine (C=N–C) groups is 1. The van der Waals surface area contributed by atoms with Crippen LogP contribution in [0.25, 0.3) is 0 Å². The van der Waals surface area contributed by atoms with Gasteiger partial charge in [-0.25, -0.2) is 0 Å². The topological polar surface area (TPSA) is 54.2 Å². The van der Waals surface area contributed by atoms with Crippen molar-refractivity contribution >= 4 is 17.6 Å². The second-order valence-electron chi connectivity index (χ2n) is 5.86.